The molecule has 1 aliphatic carbocycles. The molecule has 53 valence electrons. The van der Waals surface area contributed by atoms with E-state index < -0.39 is 0 Å². The minimum absolute atomic E-state index is 0.0295. The lowest BCUT2D eigenvalue weighted by Crippen LogP contribution is -2.31. The van der Waals surface area contributed by atoms with Crippen LogP contribution in [0.2, 0.25) is 0 Å². The number of hydrogen-bond acceptors (Lipinski definition) is 0. The van der Waals surface area contributed by atoms with Crippen molar-refractivity contribution in [2.45, 2.75) is 51.0 Å². The molecule has 1 rings (SSSR count). The van der Waals surface area contributed by atoms with Crippen LogP contribution in [0.15, 0.2) is 0 Å². The fraction of sp³-hybridized carbons (Fsp3) is 1.00. The van der Waals surface area contributed by atoms with E-state index in [1.807, 2.05) is 0 Å². The van der Waals surface area contributed by atoms with E-state index in [2.05, 4.69) is 6.92 Å². The molecule has 0 aromatic heterocycles. The van der Waals surface area contributed by atoms with Crippen molar-refractivity contribution in [3.05, 3.63) is 0 Å². The van der Waals surface area contributed by atoms with E-state index in [1.54, 1.807) is 0 Å². The SMILES string of the molecule is CCC1([NH])CCCCC1. The Morgan fingerprint density at radius 1 is 1.22 bits per heavy atom. The first kappa shape index (κ1) is 7.07. The van der Waals surface area contributed by atoms with Crippen molar-refractivity contribution >= 4 is 0 Å². The number of hydrogen-bond donors (Lipinski definition) is 0. The Balaban J connectivity index is 2.37. The lowest BCUT2D eigenvalue weighted by Gasteiger charge is -2.30. The third-order valence-electron chi connectivity index (χ3n) is 2.49. The van der Waals surface area contributed by atoms with Gasteiger partial charge in [-0.2, -0.15) is 0 Å². The molecule has 1 nitrogen and oxygen atoms in total. The van der Waals surface area contributed by atoms with E-state index in [9.17, 15) is 0 Å². The summed E-state index contributed by atoms with van der Waals surface area (Å²) < 4.78 is 0. The summed E-state index contributed by atoms with van der Waals surface area (Å²) in [4.78, 5) is 0. The van der Waals surface area contributed by atoms with Crippen LogP contribution in [0.3, 0.4) is 0 Å². The van der Waals surface area contributed by atoms with Crippen molar-refractivity contribution in [1.82, 2.24) is 5.73 Å². The molecular weight excluding hydrogens is 110 g/mol. The van der Waals surface area contributed by atoms with Crippen LogP contribution < -0.4 is 5.73 Å². The predicted molar refractivity (Wildman–Crippen MR) is 39.2 cm³/mol. The third-order valence-corrected chi connectivity index (χ3v) is 2.49. The van der Waals surface area contributed by atoms with Crippen LogP contribution >= 0.6 is 0 Å². The molecule has 0 bridgehead atoms. The van der Waals surface area contributed by atoms with Gasteiger partial charge < -0.3 is 0 Å². The normalized spacial score (nSPS) is 26.0. The van der Waals surface area contributed by atoms with Gasteiger partial charge in [0.15, 0.2) is 0 Å². The van der Waals surface area contributed by atoms with E-state index in [-0.39, 0.29) is 5.54 Å². The molecule has 0 aromatic rings. The molecule has 0 heterocycles. The molecule has 0 amide bonds. The van der Waals surface area contributed by atoms with Crippen LogP contribution in [0, 0.1) is 0 Å². The first-order valence-electron chi connectivity index (χ1n) is 4.02. The van der Waals surface area contributed by atoms with Crippen LogP contribution in [0.4, 0.5) is 0 Å². The zero-order chi connectivity index (χ0) is 6.74. The molecule has 1 aliphatic rings. The second kappa shape index (κ2) is 2.70. The first-order valence-corrected chi connectivity index (χ1v) is 4.02. The summed E-state index contributed by atoms with van der Waals surface area (Å²) in [5.41, 5.74) is 7.84. The average Bonchev–Trinajstić information content (AvgIpc) is 1.90. The maximum absolute atomic E-state index is 7.87. The topological polar surface area (TPSA) is 23.8 Å². The molecule has 1 fully saturated rings. The minimum atomic E-state index is -0.0295. The second-order valence-electron chi connectivity index (χ2n) is 3.19. The Labute approximate surface area is 57.6 Å². The molecule has 1 radical (unpaired) electrons. The highest BCUT2D eigenvalue weighted by Crippen LogP contribution is 2.29. The van der Waals surface area contributed by atoms with Gasteiger partial charge in [0.05, 0.1) is 0 Å². The van der Waals surface area contributed by atoms with Crippen LogP contribution in [-0.2, 0) is 0 Å². The lowest BCUT2D eigenvalue weighted by molar-refractivity contribution is 0.277. The highest BCUT2D eigenvalue weighted by molar-refractivity contribution is 4.84. The Morgan fingerprint density at radius 2 is 1.78 bits per heavy atom. The quantitative estimate of drug-likeness (QED) is 0.515. The highest BCUT2D eigenvalue weighted by atomic mass is 14.7. The third kappa shape index (κ3) is 1.68. The average molecular weight is 126 g/mol. The Bertz CT molecular complexity index is 82.6. The molecule has 0 unspecified atom stereocenters. The largest absolute Gasteiger partial charge is 0.251 e. The Kier molecular flexibility index (Phi) is 2.12. The molecule has 1 heteroatoms. The number of rotatable bonds is 1. The summed E-state index contributed by atoms with van der Waals surface area (Å²) in [6, 6.07) is 0. The Hall–Kier alpha value is -0.0400. The van der Waals surface area contributed by atoms with Gasteiger partial charge in [-0.1, -0.05) is 26.2 Å². The zero-order valence-electron chi connectivity index (χ0n) is 6.24. The van der Waals surface area contributed by atoms with E-state index in [0.717, 1.165) is 19.3 Å². The van der Waals surface area contributed by atoms with Gasteiger partial charge in [0, 0.05) is 5.54 Å². The van der Waals surface area contributed by atoms with Crippen molar-refractivity contribution in [3.8, 4) is 0 Å². The smallest absolute Gasteiger partial charge is 0.0321 e. The summed E-state index contributed by atoms with van der Waals surface area (Å²) in [6.45, 7) is 2.14. The molecule has 1 N–H and O–H groups in total. The maximum Gasteiger partial charge on any atom is 0.0321 e. The van der Waals surface area contributed by atoms with Crippen LogP contribution in [0.25, 0.3) is 0 Å². The summed E-state index contributed by atoms with van der Waals surface area (Å²) in [5.74, 6) is 0. The summed E-state index contributed by atoms with van der Waals surface area (Å²) >= 11 is 0. The van der Waals surface area contributed by atoms with Crippen molar-refractivity contribution in [2.24, 2.45) is 0 Å². The Morgan fingerprint density at radius 3 is 2.11 bits per heavy atom. The summed E-state index contributed by atoms with van der Waals surface area (Å²) in [5, 5.41) is 0. The highest BCUT2D eigenvalue weighted by Gasteiger charge is 2.25. The number of nitrogens with one attached hydrogen (secondary N) is 1. The van der Waals surface area contributed by atoms with Gasteiger partial charge in [-0.25, -0.2) is 0 Å². The standard InChI is InChI=1S/C8H16N/c1-2-8(9)6-4-3-5-7-8/h9H,2-7H2,1H3. The monoisotopic (exact) mass is 126 g/mol. The van der Waals surface area contributed by atoms with E-state index >= 15 is 0 Å². The molecule has 9 heavy (non-hydrogen) atoms. The van der Waals surface area contributed by atoms with E-state index in [0.29, 0.717) is 0 Å². The van der Waals surface area contributed by atoms with Gasteiger partial charge in [0.1, 0.15) is 0 Å². The fourth-order valence-electron chi connectivity index (χ4n) is 1.58. The van der Waals surface area contributed by atoms with Crippen molar-refractivity contribution in [3.63, 3.8) is 0 Å². The summed E-state index contributed by atoms with van der Waals surface area (Å²) in [7, 11) is 0. The van der Waals surface area contributed by atoms with Crippen molar-refractivity contribution in [2.75, 3.05) is 0 Å². The van der Waals surface area contributed by atoms with Crippen molar-refractivity contribution < 1.29 is 0 Å². The van der Waals surface area contributed by atoms with Crippen LogP contribution in [-0.4, -0.2) is 5.54 Å². The molecular formula is C8H16N. The van der Waals surface area contributed by atoms with Gasteiger partial charge in [0.2, 0.25) is 0 Å². The zero-order valence-corrected chi connectivity index (χ0v) is 6.24. The van der Waals surface area contributed by atoms with Gasteiger partial charge in [-0.3, -0.25) is 5.73 Å². The van der Waals surface area contributed by atoms with E-state index in [1.165, 1.54) is 19.3 Å². The molecule has 0 aromatic carbocycles. The van der Waals surface area contributed by atoms with Crippen molar-refractivity contribution in [1.29, 1.82) is 0 Å². The maximum atomic E-state index is 7.87. The first-order chi connectivity index (χ1) is 4.27. The second-order valence-corrected chi connectivity index (χ2v) is 3.19. The molecule has 1 saturated carbocycles. The predicted octanol–water partition coefficient (Wildman–Crippen LogP) is 2.38. The van der Waals surface area contributed by atoms with Crippen LogP contribution in [0.5, 0.6) is 0 Å². The molecule has 0 aliphatic heterocycles. The molecule has 0 spiro atoms. The molecule has 0 saturated heterocycles. The lowest BCUT2D eigenvalue weighted by atomic mass is 9.81. The fourth-order valence-corrected chi connectivity index (χ4v) is 1.58. The van der Waals surface area contributed by atoms with Crippen LogP contribution in [0.1, 0.15) is 45.4 Å². The summed E-state index contributed by atoms with van der Waals surface area (Å²) in [6.07, 6.45) is 7.27. The van der Waals surface area contributed by atoms with Gasteiger partial charge in [-0.15, -0.1) is 0 Å². The van der Waals surface area contributed by atoms with Gasteiger partial charge >= 0.3 is 0 Å². The van der Waals surface area contributed by atoms with Gasteiger partial charge in [-0.05, 0) is 19.3 Å². The van der Waals surface area contributed by atoms with E-state index in [4.69, 9.17) is 5.73 Å². The molecule has 0 atom stereocenters. The van der Waals surface area contributed by atoms with Gasteiger partial charge in [0.25, 0.3) is 0 Å². The minimum Gasteiger partial charge on any atom is -0.251 e.